The van der Waals surface area contributed by atoms with Crippen LogP contribution >= 0.6 is 0 Å². The first-order valence-corrected chi connectivity index (χ1v) is 17.2. The van der Waals surface area contributed by atoms with E-state index in [4.69, 9.17) is 22.6 Å². The average molecular weight is 686 g/mol. The minimum Gasteiger partial charge on any atom is -0.456 e. The van der Waals surface area contributed by atoms with Crippen molar-refractivity contribution in [3.05, 3.63) is 170 Å². The van der Waals surface area contributed by atoms with Crippen molar-refractivity contribution in [2.75, 3.05) is 0 Å². The molecule has 0 radical (unpaired) electrons. The summed E-state index contributed by atoms with van der Waals surface area (Å²) in [6.45, 7) is 0. The van der Waals surface area contributed by atoms with E-state index in [0.29, 0.717) is 10.9 Å². The Hall–Kier alpha value is -7.24. The first-order chi connectivity index (χ1) is 30.0. The molecule has 53 heavy (non-hydrogen) atoms. The fourth-order valence-electron chi connectivity index (χ4n) is 7.83. The molecule has 0 amide bonds. The molecule has 5 nitrogen and oxygen atoms in total. The van der Waals surface area contributed by atoms with Gasteiger partial charge in [-0.05, 0) is 77.4 Å². The summed E-state index contributed by atoms with van der Waals surface area (Å²) >= 11 is 0. The van der Waals surface area contributed by atoms with E-state index in [2.05, 4.69) is 47.0 Å². The lowest BCUT2D eigenvalue weighted by Crippen LogP contribution is -2.03. The van der Waals surface area contributed by atoms with Crippen molar-refractivity contribution >= 4 is 87.2 Å². The van der Waals surface area contributed by atoms with Gasteiger partial charge >= 0.3 is 0 Å². The van der Waals surface area contributed by atoms with Crippen molar-refractivity contribution in [1.29, 1.82) is 0 Å². The molecule has 12 aromatic rings. The lowest BCUT2D eigenvalue weighted by Gasteiger charge is -2.12. The van der Waals surface area contributed by atoms with Gasteiger partial charge in [0.2, 0.25) is 5.95 Å². The van der Waals surface area contributed by atoms with Crippen molar-refractivity contribution in [3.8, 4) is 22.9 Å². The molecule has 0 N–H and O–H groups in total. The van der Waals surface area contributed by atoms with Gasteiger partial charge < -0.3 is 8.98 Å². The van der Waals surface area contributed by atoms with E-state index in [1.54, 1.807) is 6.07 Å². The lowest BCUT2D eigenvalue weighted by atomic mass is 10.0. The summed E-state index contributed by atoms with van der Waals surface area (Å²) < 4.78 is 90.8. The highest BCUT2D eigenvalue weighted by atomic mass is 16.3. The van der Waals surface area contributed by atoms with Gasteiger partial charge in [-0.1, -0.05) is 103 Å². The van der Waals surface area contributed by atoms with Crippen LogP contribution in [0.5, 0.6) is 0 Å². The summed E-state index contributed by atoms with van der Waals surface area (Å²) in [5.41, 5.74) is 5.07. The summed E-state index contributed by atoms with van der Waals surface area (Å²) in [7, 11) is 0. The van der Waals surface area contributed by atoms with Crippen molar-refractivity contribution < 1.29 is 16.8 Å². The van der Waals surface area contributed by atoms with Crippen LogP contribution < -0.4 is 0 Å². The Morgan fingerprint density at radius 3 is 1.91 bits per heavy atom. The number of hydrogen-bond acceptors (Lipinski definition) is 3. The second-order valence-corrected chi connectivity index (χ2v) is 13.1. The van der Waals surface area contributed by atoms with Gasteiger partial charge in [-0.15, -0.1) is 0 Å². The smallest absolute Gasteiger partial charge is 0.235 e. The van der Waals surface area contributed by atoms with Gasteiger partial charge in [0.25, 0.3) is 0 Å². The number of furan rings is 1. The maximum absolute atomic E-state index is 9.63. The molecule has 0 aliphatic rings. The lowest BCUT2D eigenvalue weighted by molar-refractivity contribution is 0.669. The zero-order chi connectivity index (χ0) is 42.5. The molecule has 0 atom stereocenters. The van der Waals surface area contributed by atoms with Crippen LogP contribution in [0.25, 0.3) is 110 Å². The number of hydrogen-bond donors (Lipinski definition) is 0. The Labute approximate surface area is 315 Å². The summed E-state index contributed by atoms with van der Waals surface area (Å²) in [6.07, 6.45) is 0. The van der Waals surface area contributed by atoms with E-state index >= 15 is 0 Å². The van der Waals surface area contributed by atoms with E-state index in [9.17, 15) is 4.11 Å². The maximum atomic E-state index is 9.63. The molecule has 0 aliphatic carbocycles. The van der Waals surface area contributed by atoms with E-state index in [0.717, 1.165) is 49.3 Å². The van der Waals surface area contributed by atoms with E-state index in [1.165, 1.54) is 0 Å². The average Bonchev–Trinajstić information content (AvgIpc) is 3.96. The quantitative estimate of drug-likeness (QED) is 0.186. The van der Waals surface area contributed by atoms with Crippen molar-refractivity contribution in [2.45, 2.75) is 0 Å². The number of nitrogens with zero attached hydrogens (tertiary/aromatic N) is 4. The molecule has 5 heteroatoms. The molecule has 246 valence electrons. The van der Waals surface area contributed by atoms with Gasteiger partial charge in [0.05, 0.1) is 45.6 Å². The van der Waals surface area contributed by atoms with Crippen LogP contribution in [0, 0.1) is 0 Å². The molecule has 0 saturated heterocycles. The largest absolute Gasteiger partial charge is 0.456 e. The van der Waals surface area contributed by atoms with E-state index < -0.39 is 30.2 Å². The molecule has 0 bridgehead atoms. The fraction of sp³-hybridized carbons (Fsp3) is 0. The number of aromatic nitrogens is 4. The number of fused-ring (bicyclic) bond motifs is 11. The molecule has 4 heterocycles. The van der Waals surface area contributed by atoms with Gasteiger partial charge in [0.15, 0.2) is 0 Å². The van der Waals surface area contributed by atoms with Crippen molar-refractivity contribution in [1.82, 2.24) is 19.1 Å². The standard InChI is InChI=1S/C48H28N4O/c1-2-14-32(15-3-1)51-41-20-10-7-16-33(41)37-27-38-34-17-8-11-21-42(34)52(44(38)28-43(37)51)48-49-40-19-9-6-18-36(40)47(50-48)31-22-23-35-39-24-29-12-4-5-13-30(29)25-46(39)53-45(35)26-31/h1-28H/i4D,5D,12D,13D,22D,23D,24D,25D,26D. The molecule has 0 spiro atoms. The Morgan fingerprint density at radius 2 is 1.11 bits per heavy atom. The molecule has 0 fully saturated rings. The second kappa shape index (κ2) is 10.6. The van der Waals surface area contributed by atoms with Gasteiger partial charge in [-0.25, -0.2) is 9.97 Å². The van der Waals surface area contributed by atoms with Crippen molar-refractivity contribution in [2.24, 2.45) is 0 Å². The molecular formula is C48H28N4O. The first-order valence-electron chi connectivity index (χ1n) is 21.7. The normalized spacial score (nSPS) is 14.5. The molecular weight excluding hydrogens is 649 g/mol. The summed E-state index contributed by atoms with van der Waals surface area (Å²) in [4.78, 5) is 10.3. The third-order valence-corrected chi connectivity index (χ3v) is 10.1. The van der Waals surface area contributed by atoms with Crippen LogP contribution in [-0.2, 0) is 0 Å². The van der Waals surface area contributed by atoms with Crippen LogP contribution in [0.2, 0.25) is 0 Å². The SMILES string of the molecule is [2H]c1c([2H])c([2H])c2c([2H])c3c(oc4c([2H])c(-c5nc(-n6c7ccccc7c7cc8c9ccccc9n(-c9ccccc9)c8cc76)nc6ccccc56)c([2H])c([2H])c43)c([2H])c2c1[2H]. The Balaban J connectivity index is 1.18. The van der Waals surface area contributed by atoms with E-state index in [1.807, 2.05) is 71.3 Å². The first kappa shape index (κ1) is 21.2. The molecule has 8 aromatic carbocycles. The third kappa shape index (κ3) is 4.07. The van der Waals surface area contributed by atoms with Gasteiger partial charge in [-0.2, -0.15) is 0 Å². The number of benzene rings is 8. The Bertz CT molecular complexity index is 3990. The molecule has 0 unspecified atom stereocenters. The Morgan fingerprint density at radius 1 is 0.472 bits per heavy atom. The predicted molar refractivity (Wildman–Crippen MR) is 218 cm³/mol. The predicted octanol–water partition coefficient (Wildman–Crippen LogP) is 12.5. The highest BCUT2D eigenvalue weighted by molar-refractivity contribution is 6.19. The minimum absolute atomic E-state index is 0.0133. The van der Waals surface area contributed by atoms with E-state index in [-0.39, 0.29) is 74.1 Å². The monoisotopic (exact) mass is 685 g/mol. The van der Waals surface area contributed by atoms with Crippen LogP contribution in [-0.4, -0.2) is 19.1 Å². The molecule has 0 saturated carbocycles. The third-order valence-electron chi connectivity index (χ3n) is 10.1. The zero-order valence-corrected chi connectivity index (χ0v) is 27.7. The van der Waals surface area contributed by atoms with Gasteiger partial charge in [0.1, 0.15) is 11.2 Å². The van der Waals surface area contributed by atoms with Gasteiger partial charge in [-0.3, -0.25) is 4.57 Å². The van der Waals surface area contributed by atoms with Gasteiger partial charge in [0, 0.05) is 49.0 Å². The van der Waals surface area contributed by atoms with Crippen LogP contribution in [0.4, 0.5) is 0 Å². The number of rotatable bonds is 3. The minimum atomic E-state index is -0.559. The molecule has 0 aliphatic heterocycles. The Kier molecular flexibility index (Phi) is 4.26. The van der Waals surface area contributed by atoms with Crippen molar-refractivity contribution in [3.63, 3.8) is 0 Å². The highest BCUT2D eigenvalue weighted by Gasteiger charge is 2.21. The molecule has 12 rings (SSSR count). The highest BCUT2D eigenvalue weighted by Crippen LogP contribution is 2.41. The molecule has 4 aromatic heterocycles. The maximum Gasteiger partial charge on any atom is 0.235 e. The second-order valence-electron chi connectivity index (χ2n) is 13.1. The fourth-order valence-corrected chi connectivity index (χ4v) is 7.83. The summed E-state index contributed by atoms with van der Waals surface area (Å²) in [6, 6.07) is 34.3. The summed E-state index contributed by atoms with van der Waals surface area (Å²) in [5, 5.41) is 4.14. The van der Waals surface area contributed by atoms with Crippen LogP contribution in [0.3, 0.4) is 0 Å². The summed E-state index contributed by atoms with van der Waals surface area (Å²) in [5.74, 6) is 0.276. The van der Waals surface area contributed by atoms with Crippen LogP contribution in [0.15, 0.2) is 174 Å². The number of para-hydroxylation sites is 4. The topological polar surface area (TPSA) is 48.8 Å². The van der Waals surface area contributed by atoms with Crippen LogP contribution in [0.1, 0.15) is 12.3 Å². The zero-order valence-electron chi connectivity index (χ0n) is 36.7.